The van der Waals surface area contributed by atoms with Crippen molar-refractivity contribution in [2.24, 2.45) is 5.73 Å². The van der Waals surface area contributed by atoms with Crippen LogP contribution in [0.15, 0.2) is 18.2 Å². The molecule has 218 valence electrons. The van der Waals surface area contributed by atoms with Crippen molar-refractivity contribution >= 4 is 23.2 Å². The zero-order valence-electron chi connectivity index (χ0n) is 24.0. The molecule has 40 heavy (non-hydrogen) atoms. The van der Waals surface area contributed by atoms with Crippen LogP contribution in [0.4, 0.5) is 17.3 Å². The summed E-state index contributed by atoms with van der Waals surface area (Å²) < 4.78 is 11.4. The standard InChI is InChI=1S/C29H44N8O3/c1-4-23-28(32-19-8-15-40-16-9-19)35-29(26(34-23)27(30)38)33-20-5-6-22(25(17-20)39-3)24-18-21(7-10-31-24)37-13-11-36(2)12-14-37/h5-6,17,19,21,24,31H,4,7-16,18H2,1-3H3,(H2,30,38)(H2,32,33,35). The number of amides is 1. The fourth-order valence-electron chi connectivity index (χ4n) is 5.99. The Labute approximate surface area is 237 Å². The summed E-state index contributed by atoms with van der Waals surface area (Å²) in [7, 11) is 3.90. The van der Waals surface area contributed by atoms with Crippen LogP contribution >= 0.6 is 0 Å². The first-order valence-electron chi connectivity index (χ1n) is 14.6. The third-order valence-electron chi connectivity index (χ3n) is 8.40. The number of anilines is 3. The number of primary amides is 1. The van der Waals surface area contributed by atoms with Gasteiger partial charge in [-0.1, -0.05) is 13.0 Å². The van der Waals surface area contributed by atoms with Gasteiger partial charge in [0.05, 0.1) is 12.8 Å². The lowest BCUT2D eigenvalue weighted by molar-refractivity contribution is 0.0848. The van der Waals surface area contributed by atoms with Crippen LogP contribution in [0.25, 0.3) is 0 Å². The van der Waals surface area contributed by atoms with Crippen molar-refractivity contribution in [3.8, 4) is 5.75 Å². The van der Waals surface area contributed by atoms with Gasteiger partial charge in [0.25, 0.3) is 5.91 Å². The Morgan fingerprint density at radius 1 is 1.15 bits per heavy atom. The first kappa shape index (κ1) is 28.5. The molecule has 2 aromatic rings. The molecule has 5 rings (SSSR count). The molecule has 2 unspecified atom stereocenters. The van der Waals surface area contributed by atoms with E-state index in [2.05, 4.69) is 43.8 Å². The number of methoxy groups -OCH3 is 1. The van der Waals surface area contributed by atoms with E-state index in [-0.39, 0.29) is 17.8 Å². The molecule has 5 N–H and O–H groups in total. The molecule has 0 saturated carbocycles. The molecule has 1 aromatic heterocycles. The topological polar surface area (TPSA) is 130 Å². The summed E-state index contributed by atoms with van der Waals surface area (Å²) in [5.74, 6) is 1.18. The van der Waals surface area contributed by atoms with Gasteiger partial charge in [0.2, 0.25) is 0 Å². The second-order valence-electron chi connectivity index (χ2n) is 11.1. The first-order chi connectivity index (χ1) is 19.4. The molecule has 3 saturated heterocycles. The number of carbonyl (C=O) groups excluding carboxylic acids is 1. The van der Waals surface area contributed by atoms with Crippen molar-refractivity contribution in [1.82, 2.24) is 25.1 Å². The molecular weight excluding hydrogens is 508 g/mol. The van der Waals surface area contributed by atoms with Crippen molar-refractivity contribution < 1.29 is 14.3 Å². The van der Waals surface area contributed by atoms with Crippen LogP contribution in [-0.4, -0.2) is 97.9 Å². The molecule has 11 nitrogen and oxygen atoms in total. The summed E-state index contributed by atoms with van der Waals surface area (Å²) >= 11 is 0. The van der Waals surface area contributed by atoms with E-state index in [1.807, 2.05) is 19.1 Å². The highest BCUT2D eigenvalue weighted by Gasteiger charge is 2.30. The van der Waals surface area contributed by atoms with Gasteiger partial charge in [-0.2, -0.15) is 0 Å². The number of piperidine rings is 1. The lowest BCUT2D eigenvalue weighted by atomic mass is 9.91. The Morgan fingerprint density at radius 2 is 1.93 bits per heavy atom. The molecule has 3 aliphatic heterocycles. The van der Waals surface area contributed by atoms with Crippen LogP contribution in [0.1, 0.15) is 60.4 Å². The maximum Gasteiger partial charge on any atom is 0.271 e. The second kappa shape index (κ2) is 13.1. The minimum Gasteiger partial charge on any atom is -0.496 e. The Bertz CT molecular complexity index is 1160. The van der Waals surface area contributed by atoms with Crippen LogP contribution in [0.3, 0.4) is 0 Å². The van der Waals surface area contributed by atoms with Crippen LogP contribution in [0.2, 0.25) is 0 Å². The number of nitrogens with two attached hydrogens (primary N) is 1. The predicted octanol–water partition coefficient (Wildman–Crippen LogP) is 2.52. The summed E-state index contributed by atoms with van der Waals surface area (Å²) in [4.78, 5) is 26.8. The Hall–Kier alpha value is -2.99. The molecule has 0 aliphatic carbocycles. The molecule has 11 heteroatoms. The average molecular weight is 553 g/mol. The third-order valence-corrected chi connectivity index (χ3v) is 8.40. The van der Waals surface area contributed by atoms with Crippen molar-refractivity contribution in [3.63, 3.8) is 0 Å². The zero-order valence-corrected chi connectivity index (χ0v) is 24.0. The largest absolute Gasteiger partial charge is 0.496 e. The highest BCUT2D eigenvalue weighted by molar-refractivity contribution is 5.96. The molecule has 4 heterocycles. The van der Waals surface area contributed by atoms with Crippen LogP contribution in [0, 0.1) is 0 Å². The molecule has 3 fully saturated rings. The van der Waals surface area contributed by atoms with Gasteiger partial charge < -0.3 is 36.1 Å². The van der Waals surface area contributed by atoms with Crippen molar-refractivity contribution in [2.75, 3.05) is 70.7 Å². The third kappa shape index (κ3) is 6.65. The number of hydrogen-bond donors (Lipinski definition) is 4. The molecular formula is C29H44N8O3. The van der Waals surface area contributed by atoms with E-state index >= 15 is 0 Å². The zero-order chi connectivity index (χ0) is 28.1. The Kier molecular flexibility index (Phi) is 9.36. The minimum atomic E-state index is -0.618. The van der Waals surface area contributed by atoms with Gasteiger partial charge in [0.1, 0.15) is 5.75 Å². The average Bonchev–Trinajstić information content (AvgIpc) is 2.98. The van der Waals surface area contributed by atoms with Gasteiger partial charge in [-0.15, -0.1) is 0 Å². The number of nitrogens with zero attached hydrogens (tertiary/aromatic N) is 4. The molecule has 0 bridgehead atoms. The summed E-state index contributed by atoms with van der Waals surface area (Å²) in [6.07, 6.45) is 4.63. The van der Waals surface area contributed by atoms with Gasteiger partial charge in [-0.05, 0) is 51.8 Å². The lowest BCUT2D eigenvalue weighted by Crippen LogP contribution is -2.52. The van der Waals surface area contributed by atoms with Gasteiger partial charge in [0, 0.05) is 74.8 Å². The second-order valence-corrected chi connectivity index (χ2v) is 11.1. The van der Waals surface area contributed by atoms with Crippen molar-refractivity contribution in [1.29, 1.82) is 0 Å². The number of benzene rings is 1. The van der Waals surface area contributed by atoms with Gasteiger partial charge in [-0.25, -0.2) is 9.97 Å². The number of aryl methyl sites for hydroxylation is 1. The number of nitrogens with one attached hydrogen (secondary N) is 3. The molecule has 2 atom stereocenters. The molecule has 1 amide bonds. The van der Waals surface area contributed by atoms with E-state index in [4.69, 9.17) is 20.2 Å². The van der Waals surface area contributed by atoms with E-state index in [9.17, 15) is 4.79 Å². The number of piperazine rings is 1. The van der Waals surface area contributed by atoms with Gasteiger partial charge >= 0.3 is 0 Å². The van der Waals surface area contributed by atoms with Gasteiger partial charge in [-0.3, -0.25) is 9.69 Å². The summed E-state index contributed by atoms with van der Waals surface area (Å²) in [6.45, 7) is 8.91. The maximum absolute atomic E-state index is 12.3. The smallest absolute Gasteiger partial charge is 0.271 e. The summed E-state index contributed by atoms with van der Waals surface area (Å²) in [6, 6.07) is 7.09. The summed E-state index contributed by atoms with van der Waals surface area (Å²) in [5, 5.41) is 10.5. The number of rotatable bonds is 9. The van der Waals surface area contributed by atoms with E-state index in [0.717, 1.165) is 94.3 Å². The van der Waals surface area contributed by atoms with E-state index in [0.29, 0.717) is 24.1 Å². The van der Waals surface area contributed by atoms with Crippen LogP contribution in [0.5, 0.6) is 5.75 Å². The highest BCUT2D eigenvalue weighted by atomic mass is 16.5. The maximum atomic E-state index is 12.3. The molecule has 1 aromatic carbocycles. The quantitative estimate of drug-likeness (QED) is 0.368. The fourth-order valence-corrected chi connectivity index (χ4v) is 5.99. The van der Waals surface area contributed by atoms with E-state index in [1.54, 1.807) is 7.11 Å². The molecule has 0 radical (unpaired) electrons. The summed E-state index contributed by atoms with van der Waals surface area (Å²) in [5.41, 5.74) is 8.46. The fraction of sp³-hybridized carbons (Fsp3) is 0.621. The van der Waals surface area contributed by atoms with Crippen LogP contribution in [-0.2, 0) is 11.2 Å². The number of aromatic nitrogens is 2. The minimum absolute atomic E-state index is 0.126. The van der Waals surface area contributed by atoms with Crippen molar-refractivity contribution in [2.45, 2.75) is 57.2 Å². The number of likely N-dealkylation sites (N-methyl/N-ethyl adjacent to an activating group) is 1. The molecule has 0 spiro atoms. The lowest BCUT2D eigenvalue weighted by Gasteiger charge is -2.42. The van der Waals surface area contributed by atoms with Crippen molar-refractivity contribution in [3.05, 3.63) is 35.2 Å². The number of carbonyl (C=O) groups is 1. The van der Waals surface area contributed by atoms with Crippen LogP contribution < -0.4 is 26.4 Å². The SMILES string of the molecule is CCc1nc(C(N)=O)c(Nc2ccc(C3CC(N4CCN(C)CC4)CCN3)c(OC)c2)nc1NC1CCOCC1. The number of ether oxygens (including phenoxy) is 2. The monoisotopic (exact) mass is 552 g/mol. The normalized spacial score (nSPS) is 23.1. The Morgan fingerprint density at radius 3 is 2.62 bits per heavy atom. The Balaban J connectivity index is 1.35. The number of hydrogen-bond acceptors (Lipinski definition) is 10. The van der Waals surface area contributed by atoms with Gasteiger partial charge in [0.15, 0.2) is 17.3 Å². The van der Waals surface area contributed by atoms with E-state index < -0.39 is 5.91 Å². The molecule has 3 aliphatic rings. The van der Waals surface area contributed by atoms with E-state index in [1.165, 1.54) is 0 Å². The predicted molar refractivity (Wildman–Crippen MR) is 157 cm³/mol. The first-order valence-corrected chi connectivity index (χ1v) is 14.6. The highest BCUT2D eigenvalue weighted by Crippen LogP contribution is 2.35.